The van der Waals surface area contributed by atoms with Gasteiger partial charge >= 0.3 is 0 Å². The molecule has 0 bridgehead atoms. The van der Waals surface area contributed by atoms with Crippen LogP contribution in [0.5, 0.6) is 0 Å². The topological polar surface area (TPSA) is 61.3 Å². The van der Waals surface area contributed by atoms with Gasteiger partial charge in [-0.1, -0.05) is 32.7 Å². The van der Waals surface area contributed by atoms with Crippen LogP contribution in [0.3, 0.4) is 0 Å². The van der Waals surface area contributed by atoms with E-state index in [0.717, 1.165) is 15.6 Å². The average Bonchev–Trinajstić information content (AvgIpc) is 2.70. The molecule has 0 unspecified atom stereocenters. The highest BCUT2D eigenvalue weighted by Crippen LogP contribution is 2.32. The number of nitrogens with two attached hydrogens (primary N) is 1. The Morgan fingerprint density at radius 1 is 1.47 bits per heavy atom. The minimum absolute atomic E-state index is 0.271. The first-order valence-electron chi connectivity index (χ1n) is 4.81. The molecule has 0 saturated carbocycles. The Labute approximate surface area is 112 Å². The zero-order chi connectivity index (χ0) is 12.4. The zero-order valence-corrected chi connectivity index (χ0v) is 11.4. The minimum Gasteiger partial charge on any atom is -0.380 e. The number of nitrogen functional groups attached to an aromatic ring is 1. The summed E-state index contributed by atoms with van der Waals surface area (Å²) >= 11 is 9.62. The van der Waals surface area contributed by atoms with Crippen LogP contribution in [0.2, 0.25) is 5.02 Å². The predicted molar refractivity (Wildman–Crippen MR) is 69.8 cm³/mol. The molecule has 0 saturated heterocycles. The Kier molecular flexibility index (Phi) is 3.71. The maximum Gasteiger partial charge on any atom is 0.222 e. The zero-order valence-electron chi connectivity index (χ0n) is 9.04. The first-order chi connectivity index (χ1) is 8.11. The summed E-state index contributed by atoms with van der Waals surface area (Å²) in [6.45, 7) is 0.445. The molecule has 2 rings (SSSR count). The molecule has 90 valence electrons. The van der Waals surface area contributed by atoms with E-state index in [-0.39, 0.29) is 5.88 Å². The SMILES string of the molecule is COCc1c(Cl)cc(-c2cc(N)on2)cc1Br. The van der Waals surface area contributed by atoms with E-state index in [9.17, 15) is 0 Å². The van der Waals surface area contributed by atoms with Gasteiger partial charge in [-0.25, -0.2) is 0 Å². The van der Waals surface area contributed by atoms with Gasteiger partial charge in [-0.3, -0.25) is 0 Å². The second-order valence-corrected chi connectivity index (χ2v) is 4.73. The molecule has 0 aliphatic heterocycles. The normalized spacial score (nSPS) is 10.8. The third-order valence-electron chi connectivity index (χ3n) is 2.25. The number of methoxy groups -OCH3 is 1. The van der Waals surface area contributed by atoms with Crippen LogP contribution in [-0.2, 0) is 11.3 Å². The molecule has 6 heteroatoms. The molecule has 0 amide bonds. The van der Waals surface area contributed by atoms with Crippen molar-refractivity contribution < 1.29 is 9.26 Å². The van der Waals surface area contributed by atoms with Crippen LogP contribution in [0.25, 0.3) is 11.3 Å². The molecular formula is C11H10BrClN2O2. The van der Waals surface area contributed by atoms with Crippen molar-refractivity contribution in [3.8, 4) is 11.3 Å². The van der Waals surface area contributed by atoms with Crippen LogP contribution in [0, 0.1) is 0 Å². The monoisotopic (exact) mass is 316 g/mol. The van der Waals surface area contributed by atoms with E-state index in [4.69, 9.17) is 26.6 Å². The number of aromatic nitrogens is 1. The van der Waals surface area contributed by atoms with Gasteiger partial charge in [0.2, 0.25) is 5.88 Å². The van der Waals surface area contributed by atoms with E-state index in [0.29, 0.717) is 17.3 Å². The molecule has 1 aromatic carbocycles. The van der Waals surface area contributed by atoms with E-state index in [1.165, 1.54) is 0 Å². The van der Waals surface area contributed by atoms with E-state index in [1.807, 2.05) is 6.07 Å². The standard InChI is InChI=1S/C11H10BrClN2O2/c1-16-5-7-8(12)2-6(3-9(7)13)10-4-11(14)17-15-10/h2-4H,5,14H2,1H3. The first kappa shape index (κ1) is 12.4. The van der Waals surface area contributed by atoms with Gasteiger partial charge in [-0.2, -0.15) is 0 Å². The molecule has 0 spiro atoms. The summed E-state index contributed by atoms with van der Waals surface area (Å²) in [5, 5.41) is 4.44. The highest BCUT2D eigenvalue weighted by Gasteiger charge is 2.11. The van der Waals surface area contributed by atoms with Crippen molar-refractivity contribution in [3.63, 3.8) is 0 Å². The Hall–Kier alpha value is -1.04. The van der Waals surface area contributed by atoms with Gasteiger partial charge in [0.05, 0.1) is 6.61 Å². The molecule has 1 heterocycles. The number of ether oxygens (including phenoxy) is 1. The van der Waals surface area contributed by atoms with E-state index < -0.39 is 0 Å². The second kappa shape index (κ2) is 5.08. The number of nitrogens with zero attached hydrogens (tertiary/aromatic N) is 1. The number of benzene rings is 1. The third-order valence-corrected chi connectivity index (χ3v) is 3.30. The van der Waals surface area contributed by atoms with Crippen LogP contribution in [0.1, 0.15) is 5.56 Å². The van der Waals surface area contributed by atoms with Gasteiger partial charge in [0.1, 0.15) is 5.69 Å². The van der Waals surface area contributed by atoms with Gasteiger partial charge in [0.15, 0.2) is 0 Å². The lowest BCUT2D eigenvalue weighted by atomic mass is 10.1. The van der Waals surface area contributed by atoms with Gasteiger partial charge < -0.3 is 15.0 Å². The number of hydrogen-bond acceptors (Lipinski definition) is 4. The Balaban J connectivity index is 2.45. The van der Waals surface area contributed by atoms with Crippen molar-refractivity contribution in [2.45, 2.75) is 6.61 Å². The Bertz CT molecular complexity index is 519. The smallest absolute Gasteiger partial charge is 0.222 e. The lowest BCUT2D eigenvalue weighted by Gasteiger charge is -2.07. The molecule has 0 fully saturated rings. The first-order valence-corrected chi connectivity index (χ1v) is 5.98. The maximum absolute atomic E-state index is 6.17. The molecule has 2 aromatic rings. The third kappa shape index (κ3) is 2.62. The molecule has 2 N–H and O–H groups in total. The lowest BCUT2D eigenvalue weighted by molar-refractivity contribution is 0.184. The molecule has 4 nitrogen and oxygen atoms in total. The van der Waals surface area contributed by atoms with Crippen molar-refractivity contribution in [1.29, 1.82) is 0 Å². The summed E-state index contributed by atoms with van der Waals surface area (Å²) in [5.74, 6) is 0.271. The summed E-state index contributed by atoms with van der Waals surface area (Å²) in [5.41, 5.74) is 7.86. The molecule has 0 radical (unpaired) electrons. The number of rotatable bonds is 3. The fraction of sp³-hybridized carbons (Fsp3) is 0.182. The molecule has 17 heavy (non-hydrogen) atoms. The minimum atomic E-state index is 0.271. The van der Waals surface area contributed by atoms with Gasteiger partial charge in [0, 0.05) is 33.8 Å². The molecule has 1 aromatic heterocycles. The predicted octanol–water partition coefficient (Wildman–Crippen LogP) is 3.49. The van der Waals surface area contributed by atoms with Gasteiger partial charge in [0.25, 0.3) is 0 Å². The summed E-state index contributed by atoms with van der Waals surface area (Å²) in [4.78, 5) is 0. The molecule has 0 aliphatic rings. The van der Waals surface area contributed by atoms with Crippen molar-refractivity contribution in [3.05, 3.63) is 33.3 Å². The van der Waals surface area contributed by atoms with Crippen LogP contribution < -0.4 is 5.73 Å². The van der Waals surface area contributed by atoms with Crippen LogP contribution in [-0.4, -0.2) is 12.3 Å². The number of halogens is 2. The van der Waals surface area contributed by atoms with Gasteiger partial charge in [-0.05, 0) is 12.1 Å². The number of hydrogen-bond donors (Lipinski definition) is 1. The summed E-state index contributed by atoms with van der Waals surface area (Å²) < 4.78 is 10.8. The van der Waals surface area contributed by atoms with E-state index in [2.05, 4.69) is 21.1 Å². The van der Waals surface area contributed by atoms with Crippen molar-refractivity contribution in [2.24, 2.45) is 0 Å². The summed E-state index contributed by atoms with van der Waals surface area (Å²) in [6, 6.07) is 5.35. The quantitative estimate of drug-likeness (QED) is 0.941. The lowest BCUT2D eigenvalue weighted by Crippen LogP contribution is -1.92. The Morgan fingerprint density at radius 3 is 2.76 bits per heavy atom. The second-order valence-electron chi connectivity index (χ2n) is 3.47. The average molecular weight is 318 g/mol. The van der Waals surface area contributed by atoms with E-state index >= 15 is 0 Å². The summed E-state index contributed by atoms with van der Waals surface area (Å²) in [7, 11) is 1.62. The van der Waals surface area contributed by atoms with Crippen LogP contribution >= 0.6 is 27.5 Å². The van der Waals surface area contributed by atoms with Crippen molar-refractivity contribution in [1.82, 2.24) is 5.16 Å². The fourth-order valence-corrected chi connectivity index (χ4v) is 2.42. The summed E-state index contributed by atoms with van der Waals surface area (Å²) in [6.07, 6.45) is 0. The highest BCUT2D eigenvalue weighted by atomic mass is 79.9. The molecule has 0 atom stereocenters. The van der Waals surface area contributed by atoms with Crippen molar-refractivity contribution >= 4 is 33.4 Å². The largest absolute Gasteiger partial charge is 0.380 e. The van der Waals surface area contributed by atoms with Crippen LogP contribution in [0.15, 0.2) is 27.2 Å². The molecular weight excluding hydrogens is 307 g/mol. The highest BCUT2D eigenvalue weighted by molar-refractivity contribution is 9.10. The number of anilines is 1. The van der Waals surface area contributed by atoms with Gasteiger partial charge in [-0.15, -0.1) is 0 Å². The molecule has 0 aliphatic carbocycles. The Morgan fingerprint density at radius 2 is 2.24 bits per heavy atom. The van der Waals surface area contributed by atoms with Crippen LogP contribution in [0.4, 0.5) is 5.88 Å². The van der Waals surface area contributed by atoms with Crippen molar-refractivity contribution in [2.75, 3.05) is 12.8 Å². The van der Waals surface area contributed by atoms with E-state index in [1.54, 1.807) is 19.2 Å². The maximum atomic E-state index is 6.17. The fourth-order valence-electron chi connectivity index (χ4n) is 1.46.